The Kier molecular flexibility index (Phi) is 7.28. The van der Waals surface area contributed by atoms with Gasteiger partial charge in [-0.15, -0.1) is 6.54 Å². The van der Waals surface area contributed by atoms with Gasteiger partial charge in [-0.2, -0.15) is 6.42 Å². The van der Waals surface area contributed by atoms with Gasteiger partial charge in [-0.25, -0.2) is 0 Å². The van der Waals surface area contributed by atoms with Crippen molar-refractivity contribution in [1.82, 2.24) is 4.90 Å². The average Bonchev–Trinajstić information content (AvgIpc) is 2.42. The Morgan fingerprint density at radius 3 is 2.83 bits per heavy atom. The molecule has 0 bridgehead atoms. The number of aliphatic hydroxyl groups excluding tert-OH is 1. The van der Waals surface area contributed by atoms with E-state index in [1.54, 1.807) is 0 Å². The third kappa shape index (κ3) is 2.49. The molecule has 2 rings (SSSR count). The van der Waals surface area contributed by atoms with Gasteiger partial charge in [-0.1, -0.05) is 0 Å². The smallest absolute Gasteiger partial charge is 0.395 e. The molecule has 2 saturated heterocycles. The van der Waals surface area contributed by atoms with Crippen molar-refractivity contribution in [2.75, 3.05) is 19.7 Å². The maximum absolute atomic E-state index is 9.17. The first-order valence-corrected chi connectivity index (χ1v) is 4.05. The number of nitrogens with zero attached hydrogens (tertiary/aromatic N) is 1. The van der Waals surface area contributed by atoms with Gasteiger partial charge < -0.3 is 16.4 Å². The summed E-state index contributed by atoms with van der Waals surface area (Å²) in [4.78, 5) is 2.41. The third-order valence-corrected chi connectivity index (χ3v) is 2.91. The molecule has 0 aliphatic carbocycles. The Bertz CT molecular complexity index is 135. The van der Waals surface area contributed by atoms with Gasteiger partial charge in [0.2, 0.25) is 0 Å². The molecule has 4 heteroatoms. The Labute approximate surface area is 137 Å². The minimum absolute atomic E-state index is 0. The van der Waals surface area contributed by atoms with E-state index in [4.69, 9.17) is 5.11 Å². The molecule has 0 amide bonds. The van der Waals surface area contributed by atoms with Gasteiger partial charge in [-0.05, 0) is 19.4 Å². The summed E-state index contributed by atoms with van der Waals surface area (Å²) >= 11 is 0. The van der Waals surface area contributed by atoms with Gasteiger partial charge in [0, 0.05) is 26.0 Å². The molecule has 0 spiro atoms. The molecule has 2 aliphatic heterocycles. The monoisotopic (exact) mass is 412 g/mol. The first-order chi connectivity index (χ1) is 4.87. The standard InChI is InChI=1S/C8H14NO.Rb.Re/c10-7-8-3-1-5-9(8)6-2-4-8;;/h1,10H,2-7H2;;/q-1;+1;. The second kappa shape index (κ2) is 6.08. The van der Waals surface area contributed by atoms with Crippen LogP contribution in [0.4, 0.5) is 0 Å². The molecule has 2 nitrogen and oxygen atoms in total. The van der Waals surface area contributed by atoms with Crippen LogP contribution in [-0.4, -0.2) is 35.2 Å². The van der Waals surface area contributed by atoms with Crippen LogP contribution in [-0.2, 0) is 20.4 Å². The number of aliphatic hydroxyl groups is 1. The maximum Gasteiger partial charge on any atom is 1.00 e. The van der Waals surface area contributed by atoms with Crippen LogP contribution in [0.2, 0.25) is 0 Å². The summed E-state index contributed by atoms with van der Waals surface area (Å²) in [7, 11) is 0. The molecule has 1 radical (unpaired) electrons. The van der Waals surface area contributed by atoms with Crippen LogP contribution >= 0.6 is 0 Å². The molecule has 2 aliphatic rings. The van der Waals surface area contributed by atoms with Crippen molar-refractivity contribution in [3.63, 3.8) is 0 Å². The van der Waals surface area contributed by atoms with Gasteiger partial charge in [0.05, 0.1) is 6.61 Å². The van der Waals surface area contributed by atoms with E-state index in [2.05, 4.69) is 11.3 Å². The summed E-state index contributed by atoms with van der Waals surface area (Å²) in [5.41, 5.74) is 0.181. The van der Waals surface area contributed by atoms with Crippen molar-refractivity contribution >= 4 is 0 Å². The Morgan fingerprint density at radius 1 is 1.50 bits per heavy atom. The summed E-state index contributed by atoms with van der Waals surface area (Å²) in [6.45, 7) is 2.64. The second-order valence-corrected chi connectivity index (χ2v) is 3.42. The summed E-state index contributed by atoms with van der Waals surface area (Å²) in [5.74, 6) is 0. The van der Waals surface area contributed by atoms with Crippen LogP contribution in [0.3, 0.4) is 0 Å². The minimum Gasteiger partial charge on any atom is -0.395 e. The van der Waals surface area contributed by atoms with Gasteiger partial charge >= 0.3 is 58.2 Å². The van der Waals surface area contributed by atoms with Crippen molar-refractivity contribution in [3.05, 3.63) is 6.42 Å². The number of hydrogen-bond acceptors (Lipinski definition) is 2. The Hall–Kier alpha value is 2.39. The van der Waals surface area contributed by atoms with Gasteiger partial charge in [0.25, 0.3) is 0 Å². The van der Waals surface area contributed by atoms with Crippen LogP contribution in [0.15, 0.2) is 0 Å². The molecule has 2 fully saturated rings. The van der Waals surface area contributed by atoms with E-state index in [0.29, 0.717) is 6.61 Å². The topological polar surface area (TPSA) is 23.5 Å². The molecule has 1 atom stereocenters. The molecular formula is C8H14NORbRe. The second-order valence-electron chi connectivity index (χ2n) is 3.42. The van der Waals surface area contributed by atoms with E-state index in [-0.39, 0.29) is 84.1 Å². The van der Waals surface area contributed by atoms with E-state index in [9.17, 15) is 0 Å². The number of fused-ring (bicyclic) bond motifs is 1. The SMILES string of the molecule is OCC12C[CH-]CN1CCC2.[Rb+].[Re]. The molecule has 1 unspecified atom stereocenters. The fourth-order valence-electron chi connectivity index (χ4n) is 2.24. The third-order valence-electron chi connectivity index (χ3n) is 2.91. The zero-order valence-corrected chi connectivity index (χ0v) is 15.2. The van der Waals surface area contributed by atoms with E-state index >= 15 is 0 Å². The predicted molar refractivity (Wildman–Crippen MR) is 39.5 cm³/mol. The summed E-state index contributed by atoms with van der Waals surface area (Å²) < 4.78 is 0. The zero-order valence-electron chi connectivity index (χ0n) is 7.59. The van der Waals surface area contributed by atoms with Crippen molar-refractivity contribution in [2.45, 2.75) is 24.8 Å². The van der Waals surface area contributed by atoms with Crippen LogP contribution in [0.1, 0.15) is 19.3 Å². The molecule has 2 heterocycles. The number of rotatable bonds is 1. The Morgan fingerprint density at radius 2 is 2.25 bits per heavy atom. The zero-order chi connectivity index (χ0) is 7.03. The summed E-state index contributed by atoms with van der Waals surface area (Å²) in [6, 6.07) is 0. The van der Waals surface area contributed by atoms with Crippen molar-refractivity contribution in [3.8, 4) is 0 Å². The van der Waals surface area contributed by atoms with Gasteiger partial charge in [0.15, 0.2) is 0 Å². The molecular weight excluding hydrogens is 398 g/mol. The summed E-state index contributed by atoms with van der Waals surface area (Å²) in [5, 5.41) is 9.17. The first-order valence-electron chi connectivity index (χ1n) is 4.05. The molecule has 0 aromatic carbocycles. The van der Waals surface area contributed by atoms with Crippen LogP contribution in [0, 0.1) is 6.42 Å². The largest absolute Gasteiger partial charge is 1.00 e. The molecule has 0 saturated carbocycles. The van der Waals surface area contributed by atoms with E-state index in [1.807, 2.05) is 0 Å². The quantitative estimate of drug-likeness (QED) is 0.479. The fraction of sp³-hybridized carbons (Fsp3) is 0.875. The van der Waals surface area contributed by atoms with Crippen molar-refractivity contribution in [2.24, 2.45) is 0 Å². The van der Waals surface area contributed by atoms with Crippen LogP contribution in [0.5, 0.6) is 0 Å². The first kappa shape index (κ1) is 14.4. The van der Waals surface area contributed by atoms with Crippen molar-refractivity contribution < 1.29 is 83.7 Å². The van der Waals surface area contributed by atoms with E-state index < -0.39 is 0 Å². The van der Waals surface area contributed by atoms with E-state index in [1.165, 1.54) is 19.4 Å². The minimum atomic E-state index is 0. The van der Waals surface area contributed by atoms with E-state index in [0.717, 1.165) is 13.0 Å². The van der Waals surface area contributed by atoms with Crippen LogP contribution < -0.4 is 58.2 Å². The molecule has 12 heavy (non-hydrogen) atoms. The molecule has 0 aromatic rings. The normalized spacial score (nSPS) is 33.8. The number of hydrogen-bond donors (Lipinski definition) is 1. The molecule has 1 N–H and O–H groups in total. The van der Waals surface area contributed by atoms with Crippen LogP contribution in [0.25, 0.3) is 0 Å². The maximum atomic E-state index is 9.17. The van der Waals surface area contributed by atoms with Gasteiger partial charge in [0.1, 0.15) is 0 Å². The molecule has 0 aromatic heterocycles. The average molecular weight is 412 g/mol. The fourth-order valence-corrected chi connectivity index (χ4v) is 2.24. The van der Waals surface area contributed by atoms with Crippen molar-refractivity contribution in [1.29, 1.82) is 0 Å². The predicted octanol–water partition coefficient (Wildman–Crippen LogP) is -2.58. The molecule has 65 valence electrons. The van der Waals surface area contributed by atoms with Gasteiger partial charge in [-0.3, -0.25) is 0 Å². The Balaban J connectivity index is 0.000000605. The summed E-state index contributed by atoms with van der Waals surface area (Å²) in [6.07, 6.45) is 5.85.